The van der Waals surface area contributed by atoms with Gasteiger partial charge in [-0.25, -0.2) is 4.79 Å². The third-order valence-electron chi connectivity index (χ3n) is 3.20. The maximum absolute atomic E-state index is 11.0. The van der Waals surface area contributed by atoms with Gasteiger partial charge in [0.1, 0.15) is 0 Å². The number of hydrogen-bond acceptors (Lipinski definition) is 2. The molecule has 0 amide bonds. The molecule has 0 fully saturated rings. The largest absolute Gasteiger partial charge is 0.478 e. The number of aryl methyl sites for hydroxylation is 1. The van der Waals surface area contributed by atoms with Gasteiger partial charge in [0.05, 0.1) is 5.57 Å². The van der Waals surface area contributed by atoms with E-state index in [1.54, 1.807) is 6.07 Å². The number of nitrogens with zero attached hydrogens (tertiary/aromatic N) is 1. The number of hydrogen-bond donors (Lipinski definition) is 2. The maximum Gasteiger partial charge on any atom is 0.335 e. The molecule has 4 heteroatoms. The molecule has 2 rings (SSSR count). The van der Waals surface area contributed by atoms with Crippen LogP contribution in [0.2, 0.25) is 0 Å². The predicted molar refractivity (Wildman–Crippen MR) is 77.1 cm³/mol. The number of H-pyrrole nitrogens is 1. The van der Waals surface area contributed by atoms with Crippen molar-refractivity contribution < 1.29 is 9.90 Å². The number of rotatable bonds is 4. The van der Waals surface area contributed by atoms with Crippen LogP contribution < -0.4 is 0 Å². The molecule has 0 bridgehead atoms. The van der Waals surface area contributed by atoms with Crippen molar-refractivity contribution in [2.45, 2.75) is 13.5 Å². The first kappa shape index (κ1) is 13.4. The molecule has 1 heterocycles. The zero-order valence-corrected chi connectivity index (χ0v) is 11.4. The molecule has 0 saturated carbocycles. The molecule has 100 valence electrons. The van der Waals surface area contributed by atoms with E-state index in [1.807, 2.05) is 33.2 Å². The Bertz CT molecular complexity index is 653. The molecule has 1 aromatic carbocycles. The number of fused-ring (bicyclic) bond motifs is 1. The van der Waals surface area contributed by atoms with Crippen LogP contribution in [0.5, 0.6) is 0 Å². The summed E-state index contributed by atoms with van der Waals surface area (Å²) in [5.74, 6) is -0.985. The van der Waals surface area contributed by atoms with Crippen LogP contribution in [0, 0.1) is 6.92 Å². The molecule has 4 nitrogen and oxygen atoms in total. The van der Waals surface area contributed by atoms with Crippen molar-refractivity contribution in [1.82, 2.24) is 9.88 Å². The molecule has 0 radical (unpaired) electrons. The van der Waals surface area contributed by atoms with E-state index >= 15 is 0 Å². The van der Waals surface area contributed by atoms with Crippen molar-refractivity contribution in [1.29, 1.82) is 0 Å². The van der Waals surface area contributed by atoms with Crippen molar-refractivity contribution in [3.05, 3.63) is 41.6 Å². The van der Waals surface area contributed by atoms with Crippen LogP contribution in [0.1, 0.15) is 16.8 Å². The predicted octanol–water partition coefficient (Wildman–Crippen LogP) is 2.64. The first-order valence-corrected chi connectivity index (χ1v) is 6.08. The van der Waals surface area contributed by atoms with Gasteiger partial charge in [0, 0.05) is 23.1 Å². The van der Waals surface area contributed by atoms with Crippen LogP contribution >= 0.6 is 0 Å². The number of carbonyl (C=O) groups is 1. The van der Waals surface area contributed by atoms with Gasteiger partial charge in [0.2, 0.25) is 0 Å². The Hall–Kier alpha value is -2.07. The van der Waals surface area contributed by atoms with Gasteiger partial charge in [-0.05, 0) is 44.3 Å². The summed E-state index contributed by atoms with van der Waals surface area (Å²) >= 11 is 0. The van der Waals surface area contributed by atoms with E-state index in [1.165, 1.54) is 5.56 Å². The minimum atomic E-state index is -0.985. The summed E-state index contributed by atoms with van der Waals surface area (Å²) in [4.78, 5) is 16.4. The van der Waals surface area contributed by atoms with E-state index in [9.17, 15) is 4.79 Å². The van der Waals surface area contributed by atoms with Crippen LogP contribution in [0.25, 0.3) is 16.5 Å². The second kappa shape index (κ2) is 4.90. The van der Waals surface area contributed by atoms with Gasteiger partial charge in [-0.15, -0.1) is 0 Å². The van der Waals surface area contributed by atoms with E-state index < -0.39 is 5.97 Å². The van der Waals surface area contributed by atoms with Crippen molar-refractivity contribution in [2.24, 2.45) is 0 Å². The summed E-state index contributed by atoms with van der Waals surface area (Å²) in [6.45, 7) is 6.46. The van der Waals surface area contributed by atoms with Crippen molar-refractivity contribution in [2.75, 3.05) is 14.1 Å². The lowest BCUT2D eigenvalue weighted by Crippen LogP contribution is -2.11. The van der Waals surface area contributed by atoms with E-state index in [4.69, 9.17) is 5.11 Å². The fourth-order valence-electron chi connectivity index (χ4n) is 2.21. The van der Waals surface area contributed by atoms with Crippen molar-refractivity contribution in [3.63, 3.8) is 0 Å². The highest BCUT2D eigenvalue weighted by molar-refractivity contribution is 6.15. The zero-order chi connectivity index (χ0) is 14.2. The summed E-state index contributed by atoms with van der Waals surface area (Å²) in [6, 6.07) is 5.59. The number of carboxylic acid groups (broad SMARTS) is 1. The van der Waals surface area contributed by atoms with Gasteiger partial charge >= 0.3 is 5.97 Å². The van der Waals surface area contributed by atoms with E-state index in [0.717, 1.165) is 23.1 Å². The van der Waals surface area contributed by atoms with E-state index in [0.29, 0.717) is 5.56 Å². The fourth-order valence-corrected chi connectivity index (χ4v) is 2.21. The van der Waals surface area contributed by atoms with Gasteiger partial charge in [0.15, 0.2) is 0 Å². The Morgan fingerprint density at radius 3 is 2.68 bits per heavy atom. The maximum atomic E-state index is 11.0. The minimum absolute atomic E-state index is 0.122. The molecule has 0 unspecified atom stereocenters. The molecule has 19 heavy (non-hydrogen) atoms. The second-order valence-electron chi connectivity index (χ2n) is 5.01. The van der Waals surface area contributed by atoms with E-state index in [2.05, 4.69) is 16.5 Å². The third kappa shape index (κ3) is 2.53. The molecular weight excluding hydrogens is 240 g/mol. The summed E-state index contributed by atoms with van der Waals surface area (Å²) < 4.78 is 0. The Kier molecular flexibility index (Phi) is 3.44. The summed E-state index contributed by atoms with van der Waals surface area (Å²) in [6.07, 6.45) is 0. The molecule has 2 N–H and O–H groups in total. The topological polar surface area (TPSA) is 56.3 Å². The highest BCUT2D eigenvalue weighted by atomic mass is 16.4. The molecule has 0 spiro atoms. The molecule has 0 atom stereocenters. The van der Waals surface area contributed by atoms with Gasteiger partial charge < -0.3 is 15.0 Å². The molecule has 0 aliphatic carbocycles. The van der Waals surface area contributed by atoms with Gasteiger partial charge in [-0.3, -0.25) is 0 Å². The lowest BCUT2D eigenvalue weighted by atomic mass is 10.0. The molecule has 2 aromatic rings. The zero-order valence-electron chi connectivity index (χ0n) is 11.4. The normalized spacial score (nSPS) is 11.2. The van der Waals surface area contributed by atoms with Crippen LogP contribution in [0.3, 0.4) is 0 Å². The Morgan fingerprint density at radius 2 is 2.11 bits per heavy atom. The van der Waals surface area contributed by atoms with Crippen LogP contribution in [-0.2, 0) is 11.3 Å². The number of nitrogens with one attached hydrogen (secondary N) is 1. The first-order valence-electron chi connectivity index (χ1n) is 6.08. The smallest absolute Gasteiger partial charge is 0.335 e. The van der Waals surface area contributed by atoms with Gasteiger partial charge in [0.25, 0.3) is 0 Å². The average Bonchev–Trinajstić information content (AvgIpc) is 2.64. The van der Waals surface area contributed by atoms with Crippen LogP contribution in [0.4, 0.5) is 0 Å². The number of benzene rings is 1. The number of aliphatic carboxylic acids is 1. The quantitative estimate of drug-likeness (QED) is 0.829. The van der Waals surface area contributed by atoms with Crippen molar-refractivity contribution >= 4 is 22.4 Å². The number of carboxylic acids is 1. The molecule has 1 aromatic heterocycles. The Balaban J connectivity index is 2.57. The molecule has 0 aliphatic heterocycles. The first-order chi connectivity index (χ1) is 8.90. The fraction of sp³-hybridized carbons (Fsp3) is 0.267. The minimum Gasteiger partial charge on any atom is -0.478 e. The number of aromatic amines is 1. The summed E-state index contributed by atoms with van der Waals surface area (Å²) in [7, 11) is 4.02. The Morgan fingerprint density at radius 1 is 1.42 bits per heavy atom. The lowest BCUT2D eigenvalue weighted by Gasteiger charge is -2.10. The highest BCUT2D eigenvalue weighted by Crippen LogP contribution is 2.26. The SMILES string of the molecule is C=C(C(=O)O)c1ccc2[nH]c(C)c(CN(C)C)c2c1. The van der Waals surface area contributed by atoms with Crippen molar-refractivity contribution in [3.8, 4) is 0 Å². The third-order valence-corrected chi connectivity index (χ3v) is 3.20. The van der Waals surface area contributed by atoms with Crippen LogP contribution in [0.15, 0.2) is 24.8 Å². The van der Waals surface area contributed by atoms with Crippen LogP contribution in [-0.4, -0.2) is 35.1 Å². The molecule has 0 saturated heterocycles. The highest BCUT2D eigenvalue weighted by Gasteiger charge is 2.13. The lowest BCUT2D eigenvalue weighted by molar-refractivity contribution is -0.130. The second-order valence-corrected chi connectivity index (χ2v) is 5.01. The van der Waals surface area contributed by atoms with E-state index in [-0.39, 0.29) is 5.57 Å². The summed E-state index contributed by atoms with van der Waals surface area (Å²) in [5.41, 5.74) is 4.11. The monoisotopic (exact) mass is 258 g/mol. The van der Waals surface area contributed by atoms with Gasteiger partial charge in [-0.1, -0.05) is 12.6 Å². The Labute approximate surface area is 112 Å². The molecular formula is C15H18N2O2. The molecule has 0 aliphatic rings. The average molecular weight is 258 g/mol. The van der Waals surface area contributed by atoms with Gasteiger partial charge in [-0.2, -0.15) is 0 Å². The summed E-state index contributed by atoms with van der Waals surface area (Å²) in [5, 5.41) is 10.1. The standard InChI is InChI=1S/C15H18N2O2/c1-9(15(18)19)11-5-6-14-12(7-11)13(8-17(3)4)10(2)16-14/h5-7,16H,1,8H2,2-4H3,(H,18,19). The number of aromatic nitrogens is 1.